The summed E-state index contributed by atoms with van der Waals surface area (Å²) in [7, 11) is 0. The summed E-state index contributed by atoms with van der Waals surface area (Å²) in [6.07, 6.45) is 4.51. The summed E-state index contributed by atoms with van der Waals surface area (Å²) < 4.78 is 0. The second-order valence-electron chi connectivity index (χ2n) is 6.86. The van der Waals surface area contributed by atoms with Crippen LogP contribution in [0.2, 0.25) is 0 Å². The number of carbonyl (C=O) groups excluding carboxylic acids is 1. The lowest BCUT2D eigenvalue weighted by Crippen LogP contribution is -2.44. The average molecular weight is 356 g/mol. The molecule has 140 valence electrons. The summed E-state index contributed by atoms with van der Waals surface area (Å²) in [4.78, 5) is 16.2. The lowest BCUT2D eigenvalue weighted by Gasteiger charge is -2.32. The predicted octanol–water partition coefficient (Wildman–Crippen LogP) is 2.11. The van der Waals surface area contributed by atoms with E-state index in [2.05, 4.69) is 32.6 Å². The van der Waals surface area contributed by atoms with E-state index < -0.39 is 0 Å². The van der Waals surface area contributed by atoms with Crippen LogP contribution in [0.15, 0.2) is 30.3 Å². The lowest BCUT2D eigenvalue weighted by molar-refractivity contribution is -0.122. The minimum Gasteiger partial charge on any atom is -0.353 e. The highest BCUT2D eigenvalue weighted by molar-refractivity contribution is 5.76. The molecule has 1 aromatic carbocycles. The van der Waals surface area contributed by atoms with Gasteiger partial charge < -0.3 is 10.2 Å². The van der Waals surface area contributed by atoms with E-state index in [1.807, 2.05) is 30.3 Å². The number of benzene rings is 1. The first-order valence-corrected chi connectivity index (χ1v) is 9.59. The summed E-state index contributed by atoms with van der Waals surface area (Å²) >= 11 is 0. The normalized spacial score (nSPS) is 15.9. The Morgan fingerprint density at radius 1 is 1.19 bits per heavy atom. The number of amides is 1. The maximum Gasteiger partial charge on any atom is 0.220 e. The number of rotatable bonds is 8. The van der Waals surface area contributed by atoms with Crippen molar-refractivity contribution in [1.82, 2.24) is 30.4 Å². The van der Waals surface area contributed by atoms with Crippen LogP contribution in [0.5, 0.6) is 0 Å². The van der Waals surface area contributed by atoms with Crippen LogP contribution in [0.1, 0.15) is 39.0 Å². The van der Waals surface area contributed by atoms with E-state index in [0.29, 0.717) is 31.3 Å². The van der Waals surface area contributed by atoms with Crippen LogP contribution < -0.4 is 5.32 Å². The molecule has 2 aromatic rings. The highest BCUT2D eigenvalue weighted by Crippen LogP contribution is 2.12. The van der Waals surface area contributed by atoms with Gasteiger partial charge in [0.15, 0.2) is 0 Å². The Hall–Kier alpha value is -2.28. The van der Waals surface area contributed by atoms with Crippen LogP contribution in [-0.4, -0.2) is 56.7 Å². The van der Waals surface area contributed by atoms with Gasteiger partial charge in [-0.1, -0.05) is 37.3 Å². The highest BCUT2D eigenvalue weighted by Gasteiger charge is 2.19. The molecule has 0 bridgehead atoms. The fourth-order valence-electron chi connectivity index (χ4n) is 3.34. The quantitative estimate of drug-likeness (QED) is 0.784. The van der Waals surface area contributed by atoms with Crippen molar-refractivity contribution in [2.75, 3.05) is 19.6 Å². The Balaban J connectivity index is 1.36. The van der Waals surface area contributed by atoms with Gasteiger partial charge in [-0.15, -0.1) is 10.2 Å². The summed E-state index contributed by atoms with van der Waals surface area (Å²) in [6, 6.07) is 10.1. The van der Waals surface area contributed by atoms with Crippen molar-refractivity contribution in [3.63, 3.8) is 0 Å². The molecule has 7 heteroatoms. The molecular weight excluding hydrogens is 328 g/mol. The van der Waals surface area contributed by atoms with Crippen molar-refractivity contribution >= 4 is 5.91 Å². The van der Waals surface area contributed by atoms with E-state index >= 15 is 0 Å². The number of hydrogen-bond acceptors (Lipinski definition) is 5. The molecule has 7 nitrogen and oxygen atoms in total. The van der Waals surface area contributed by atoms with Gasteiger partial charge >= 0.3 is 0 Å². The molecule has 0 unspecified atom stereocenters. The second-order valence-corrected chi connectivity index (χ2v) is 6.86. The van der Waals surface area contributed by atoms with E-state index in [4.69, 9.17) is 0 Å². The van der Waals surface area contributed by atoms with Crippen LogP contribution in [0.25, 0.3) is 11.4 Å². The number of carbonyl (C=O) groups is 1. The van der Waals surface area contributed by atoms with Crippen LogP contribution in [0.4, 0.5) is 0 Å². The molecule has 0 saturated carbocycles. The molecule has 1 N–H and O–H groups in total. The number of tetrazole rings is 1. The Morgan fingerprint density at radius 3 is 2.69 bits per heavy atom. The van der Waals surface area contributed by atoms with E-state index in [-0.39, 0.29) is 5.91 Å². The Morgan fingerprint density at radius 2 is 1.96 bits per heavy atom. The molecule has 1 amide bonds. The Labute approximate surface area is 154 Å². The summed E-state index contributed by atoms with van der Waals surface area (Å²) in [6.45, 7) is 6.15. The van der Waals surface area contributed by atoms with Gasteiger partial charge in [-0.2, -0.15) is 4.80 Å². The SMILES string of the molecule is CCCN1CCC(NC(=O)CCCn2nnc(-c3ccccc3)n2)CC1. The highest BCUT2D eigenvalue weighted by atomic mass is 16.1. The van der Waals surface area contributed by atoms with Gasteiger partial charge in [0, 0.05) is 31.1 Å². The maximum atomic E-state index is 12.1. The monoisotopic (exact) mass is 356 g/mol. The number of nitrogens with one attached hydrogen (secondary N) is 1. The number of nitrogens with zero attached hydrogens (tertiary/aromatic N) is 5. The predicted molar refractivity (Wildman–Crippen MR) is 100 cm³/mol. The maximum absolute atomic E-state index is 12.1. The summed E-state index contributed by atoms with van der Waals surface area (Å²) in [5.74, 6) is 0.747. The van der Waals surface area contributed by atoms with Gasteiger partial charge in [-0.05, 0) is 37.4 Å². The first-order chi connectivity index (χ1) is 12.7. The molecule has 1 saturated heterocycles. The molecule has 2 heterocycles. The summed E-state index contributed by atoms with van der Waals surface area (Å²) in [5.41, 5.74) is 0.950. The zero-order valence-corrected chi connectivity index (χ0v) is 15.5. The van der Waals surface area contributed by atoms with Crippen molar-refractivity contribution in [3.05, 3.63) is 30.3 Å². The number of piperidine rings is 1. The van der Waals surface area contributed by atoms with Crippen LogP contribution in [-0.2, 0) is 11.3 Å². The third kappa shape index (κ3) is 5.36. The second kappa shape index (κ2) is 9.43. The zero-order valence-electron chi connectivity index (χ0n) is 15.5. The molecule has 3 rings (SSSR count). The van der Waals surface area contributed by atoms with Crippen LogP contribution >= 0.6 is 0 Å². The molecule has 1 aromatic heterocycles. The molecule has 0 spiro atoms. The minimum atomic E-state index is 0.127. The van der Waals surface area contributed by atoms with Gasteiger partial charge in [0.1, 0.15) is 0 Å². The number of hydrogen-bond donors (Lipinski definition) is 1. The molecule has 1 aliphatic rings. The molecule has 0 atom stereocenters. The topological polar surface area (TPSA) is 75.9 Å². The fourth-order valence-corrected chi connectivity index (χ4v) is 3.34. The molecule has 1 aliphatic heterocycles. The van der Waals surface area contributed by atoms with E-state index in [0.717, 1.165) is 38.0 Å². The van der Waals surface area contributed by atoms with Gasteiger partial charge in [-0.25, -0.2) is 0 Å². The lowest BCUT2D eigenvalue weighted by atomic mass is 10.0. The van der Waals surface area contributed by atoms with Gasteiger partial charge in [-0.3, -0.25) is 4.79 Å². The fraction of sp³-hybridized carbons (Fsp3) is 0.579. The van der Waals surface area contributed by atoms with E-state index in [1.165, 1.54) is 6.42 Å². The first-order valence-electron chi connectivity index (χ1n) is 9.59. The standard InChI is InChI=1S/C19H28N6O/c1-2-12-24-14-10-17(11-15-24)20-18(26)9-6-13-25-22-19(21-23-25)16-7-4-3-5-8-16/h3-5,7-8,17H,2,6,9-15H2,1H3,(H,20,26). The average Bonchev–Trinajstić information content (AvgIpc) is 3.13. The van der Waals surface area contributed by atoms with E-state index in [9.17, 15) is 4.79 Å². The molecule has 1 fully saturated rings. The largest absolute Gasteiger partial charge is 0.353 e. The molecule has 0 aliphatic carbocycles. The minimum absolute atomic E-state index is 0.127. The summed E-state index contributed by atoms with van der Waals surface area (Å²) in [5, 5.41) is 15.7. The van der Waals surface area contributed by atoms with Crippen LogP contribution in [0, 0.1) is 0 Å². The third-order valence-corrected chi connectivity index (χ3v) is 4.74. The first kappa shape index (κ1) is 18.5. The van der Waals surface area contributed by atoms with Crippen molar-refractivity contribution in [2.45, 2.75) is 51.6 Å². The van der Waals surface area contributed by atoms with Crippen molar-refractivity contribution in [3.8, 4) is 11.4 Å². The number of likely N-dealkylation sites (tertiary alicyclic amines) is 1. The number of aryl methyl sites for hydroxylation is 1. The molecule has 26 heavy (non-hydrogen) atoms. The number of aromatic nitrogens is 4. The van der Waals surface area contributed by atoms with Crippen LogP contribution in [0.3, 0.4) is 0 Å². The van der Waals surface area contributed by atoms with Gasteiger partial charge in [0.2, 0.25) is 11.7 Å². The Bertz CT molecular complexity index is 678. The Kier molecular flexibility index (Phi) is 6.71. The van der Waals surface area contributed by atoms with Crippen molar-refractivity contribution in [2.24, 2.45) is 0 Å². The molecular formula is C19H28N6O. The molecule has 0 radical (unpaired) electrons. The van der Waals surface area contributed by atoms with Gasteiger partial charge in [0.05, 0.1) is 6.54 Å². The smallest absolute Gasteiger partial charge is 0.220 e. The van der Waals surface area contributed by atoms with Gasteiger partial charge in [0.25, 0.3) is 0 Å². The van der Waals surface area contributed by atoms with E-state index in [1.54, 1.807) is 4.80 Å². The third-order valence-electron chi connectivity index (χ3n) is 4.74. The zero-order chi connectivity index (χ0) is 18.2. The van der Waals surface area contributed by atoms with Crippen molar-refractivity contribution in [1.29, 1.82) is 0 Å². The van der Waals surface area contributed by atoms with Crippen molar-refractivity contribution < 1.29 is 4.79 Å².